The van der Waals surface area contributed by atoms with E-state index in [1.54, 1.807) is 12.1 Å². The predicted octanol–water partition coefficient (Wildman–Crippen LogP) is 5.42. The first-order valence-electron chi connectivity index (χ1n) is 9.09. The topological polar surface area (TPSA) is 63.6 Å². The van der Waals surface area contributed by atoms with E-state index in [1.165, 1.54) is 0 Å². The first kappa shape index (κ1) is 20.2. The lowest BCUT2D eigenvalue weighted by atomic mass is 9.88. The van der Waals surface area contributed by atoms with Gasteiger partial charge < -0.3 is 9.84 Å². The molecular weight excluding hydrogens is 304 g/mol. The molecule has 134 valence electrons. The number of carboxylic acids is 1. The molecule has 0 aliphatic carbocycles. The van der Waals surface area contributed by atoms with Crippen molar-refractivity contribution in [2.75, 3.05) is 6.61 Å². The zero-order valence-electron chi connectivity index (χ0n) is 15.1. The number of unbranched alkanes of at least 4 members (excludes halogenated alkanes) is 2. The minimum absolute atomic E-state index is 0.0194. The van der Waals surface area contributed by atoms with Crippen LogP contribution in [0.1, 0.15) is 97.9 Å². The summed E-state index contributed by atoms with van der Waals surface area (Å²) >= 11 is 0. The van der Waals surface area contributed by atoms with Crippen molar-refractivity contribution >= 4 is 11.9 Å². The standard InChI is InChI=1S/C20H30O4/c1-4-7-10-15(9-6-3)16-11-12-17(19(21)22)18(14-16)20(23)24-13-8-5-2/h11-12,14-15H,4-10,13H2,1-3H3,(H,21,22). The maximum Gasteiger partial charge on any atom is 0.339 e. The molecule has 1 rings (SSSR count). The van der Waals surface area contributed by atoms with Crippen molar-refractivity contribution in [1.82, 2.24) is 0 Å². The van der Waals surface area contributed by atoms with E-state index in [0.29, 0.717) is 12.5 Å². The molecule has 4 nitrogen and oxygen atoms in total. The van der Waals surface area contributed by atoms with Crippen LogP contribution in [0, 0.1) is 0 Å². The molecule has 0 aliphatic heterocycles. The zero-order chi connectivity index (χ0) is 17.9. The fraction of sp³-hybridized carbons (Fsp3) is 0.600. The lowest BCUT2D eigenvalue weighted by Crippen LogP contribution is -2.14. The van der Waals surface area contributed by atoms with E-state index in [4.69, 9.17) is 4.74 Å². The van der Waals surface area contributed by atoms with E-state index in [0.717, 1.165) is 50.5 Å². The Hall–Kier alpha value is -1.84. The van der Waals surface area contributed by atoms with Gasteiger partial charge in [0.2, 0.25) is 0 Å². The summed E-state index contributed by atoms with van der Waals surface area (Å²) in [5.41, 5.74) is 1.23. The molecule has 0 aliphatic rings. The number of rotatable bonds is 11. The molecule has 4 heteroatoms. The summed E-state index contributed by atoms with van der Waals surface area (Å²) in [6.45, 7) is 6.64. The molecule has 0 fully saturated rings. The second-order valence-corrected chi connectivity index (χ2v) is 6.23. The number of carbonyl (C=O) groups excluding carboxylic acids is 1. The second kappa shape index (κ2) is 10.8. The highest BCUT2D eigenvalue weighted by Crippen LogP contribution is 2.29. The molecule has 0 aromatic heterocycles. The Labute approximate surface area is 145 Å². The van der Waals surface area contributed by atoms with Crippen molar-refractivity contribution in [3.05, 3.63) is 34.9 Å². The van der Waals surface area contributed by atoms with Gasteiger partial charge in [0, 0.05) is 0 Å². The SMILES string of the molecule is CCCCOC(=O)c1cc(C(CCC)CCCC)ccc1C(=O)O. The molecule has 1 unspecified atom stereocenters. The van der Waals surface area contributed by atoms with Crippen molar-refractivity contribution in [2.45, 2.75) is 71.6 Å². The molecule has 0 amide bonds. The first-order chi connectivity index (χ1) is 11.5. The van der Waals surface area contributed by atoms with E-state index in [-0.39, 0.29) is 11.1 Å². The van der Waals surface area contributed by atoms with Gasteiger partial charge >= 0.3 is 11.9 Å². The van der Waals surface area contributed by atoms with Gasteiger partial charge in [-0.15, -0.1) is 0 Å². The molecule has 0 heterocycles. The lowest BCUT2D eigenvalue weighted by molar-refractivity contribution is 0.0489. The summed E-state index contributed by atoms with van der Waals surface area (Å²) < 4.78 is 5.23. The Bertz CT molecular complexity index is 536. The third kappa shape index (κ3) is 5.99. The van der Waals surface area contributed by atoms with Crippen molar-refractivity contribution < 1.29 is 19.4 Å². The van der Waals surface area contributed by atoms with Crippen LogP contribution in [0.4, 0.5) is 0 Å². The van der Waals surface area contributed by atoms with E-state index in [2.05, 4.69) is 13.8 Å². The molecule has 0 saturated heterocycles. The molecule has 1 aromatic carbocycles. The van der Waals surface area contributed by atoms with E-state index >= 15 is 0 Å². The number of ether oxygens (including phenoxy) is 1. The molecule has 1 N–H and O–H groups in total. The Morgan fingerprint density at radius 1 is 1.00 bits per heavy atom. The quantitative estimate of drug-likeness (QED) is 0.434. The van der Waals surface area contributed by atoms with Gasteiger partial charge in [0.15, 0.2) is 0 Å². The number of carbonyl (C=O) groups is 2. The fourth-order valence-electron chi connectivity index (χ4n) is 2.83. The van der Waals surface area contributed by atoms with Crippen LogP contribution in [0.25, 0.3) is 0 Å². The van der Waals surface area contributed by atoms with Gasteiger partial charge in [0.05, 0.1) is 17.7 Å². The van der Waals surface area contributed by atoms with Gasteiger partial charge in [0.25, 0.3) is 0 Å². The third-order valence-corrected chi connectivity index (χ3v) is 4.24. The number of esters is 1. The summed E-state index contributed by atoms with van der Waals surface area (Å²) in [5, 5.41) is 9.35. The van der Waals surface area contributed by atoms with Gasteiger partial charge in [-0.25, -0.2) is 9.59 Å². The van der Waals surface area contributed by atoms with Crippen LogP contribution in [0.2, 0.25) is 0 Å². The van der Waals surface area contributed by atoms with Gasteiger partial charge in [-0.2, -0.15) is 0 Å². The monoisotopic (exact) mass is 334 g/mol. The zero-order valence-corrected chi connectivity index (χ0v) is 15.1. The Kier molecular flexibility index (Phi) is 9.13. The van der Waals surface area contributed by atoms with Gasteiger partial charge in [-0.05, 0) is 42.9 Å². The number of hydrogen-bond acceptors (Lipinski definition) is 3. The highest BCUT2D eigenvalue weighted by atomic mass is 16.5. The minimum Gasteiger partial charge on any atom is -0.478 e. The van der Waals surface area contributed by atoms with Crippen molar-refractivity contribution in [1.29, 1.82) is 0 Å². The third-order valence-electron chi connectivity index (χ3n) is 4.24. The molecule has 0 saturated carbocycles. The van der Waals surface area contributed by atoms with Crippen LogP contribution >= 0.6 is 0 Å². The van der Waals surface area contributed by atoms with E-state index in [1.807, 2.05) is 13.0 Å². The molecule has 0 bridgehead atoms. The fourth-order valence-corrected chi connectivity index (χ4v) is 2.83. The van der Waals surface area contributed by atoms with Crippen LogP contribution in [-0.2, 0) is 4.74 Å². The molecule has 0 radical (unpaired) electrons. The van der Waals surface area contributed by atoms with Gasteiger partial charge in [-0.3, -0.25) is 0 Å². The molecule has 1 atom stereocenters. The molecule has 0 spiro atoms. The highest BCUT2D eigenvalue weighted by molar-refractivity contribution is 6.02. The number of benzene rings is 1. The number of hydrogen-bond donors (Lipinski definition) is 1. The molecular formula is C20H30O4. The summed E-state index contributed by atoms with van der Waals surface area (Å²) in [5.74, 6) is -1.27. The lowest BCUT2D eigenvalue weighted by Gasteiger charge is -2.18. The smallest absolute Gasteiger partial charge is 0.339 e. The summed E-state index contributed by atoms with van der Waals surface area (Å²) in [4.78, 5) is 23.7. The van der Waals surface area contributed by atoms with Crippen molar-refractivity contribution in [3.63, 3.8) is 0 Å². The highest BCUT2D eigenvalue weighted by Gasteiger charge is 2.21. The second-order valence-electron chi connectivity index (χ2n) is 6.23. The van der Waals surface area contributed by atoms with Crippen molar-refractivity contribution in [2.24, 2.45) is 0 Å². The predicted molar refractivity (Wildman–Crippen MR) is 95.8 cm³/mol. The maximum absolute atomic E-state index is 12.3. The Morgan fingerprint density at radius 2 is 1.71 bits per heavy atom. The summed E-state index contributed by atoms with van der Waals surface area (Å²) in [7, 11) is 0. The van der Waals surface area contributed by atoms with Crippen molar-refractivity contribution in [3.8, 4) is 0 Å². The summed E-state index contributed by atoms with van der Waals surface area (Å²) in [6.07, 6.45) is 7.11. The normalized spacial score (nSPS) is 12.0. The van der Waals surface area contributed by atoms with Gasteiger partial charge in [-0.1, -0.05) is 52.5 Å². The maximum atomic E-state index is 12.3. The van der Waals surface area contributed by atoms with Crippen LogP contribution in [-0.4, -0.2) is 23.7 Å². The first-order valence-corrected chi connectivity index (χ1v) is 9.09. The molecule has 24 heavy (non-hydrogen) atoms. The van der Waals surface area contributed by atoms with E-state index < -0.39 is 11.9 Å². The Morgan fingerprint density at radius 3 is 2.29 bits per heavy atom. The van der Waals surface area contributed by atoms with Crippen LogP contribution in [0.3, 0.4) is 0 Å². The largest absolute Gasteiger partial charge is 0.478 e. The van der Waals surface area contributed by atoms with Crippen LogP contribution in [0.15, 0.2) is 18.2 Å². The summed E-state index contributed by atoms with van der Waals surface area (Å²) in [6, 6.07) is 5.12. The average molecular weight is 334 g/mol. The van der Waals surface area contributed by atoms with Crippen LogP contribution in [0.5, 0.6) is 0 Å². The van der Waals surface area contributed by atoms with E-state index in [9.17, 15) is 14.7 Å². The number of carboxylic acid groups (broad SMARTS) is 1. The minimum atomic E-state index is -1.09. The average Bonchev–Trinajstić information content (AvgIpc) is 2.58. The van der Waals surface area contributed by atoms with Crippen LogP contribution < -0.4 is 0 Å². The molecule has 1 aromatic rings. The van der Waals surface area contributed by atoms with Gasteiger partial charge in [0.1, 0.15) is 0 Å². The Balaban J connectivity index is 3.08. The number of aromatic carboxylic acids is 1.